The summed E-state index contributed by atoms with van der Waals surface area (Å²) in [6.07, 6.45) is 2.45. The van der Waals surface area contributed by atoms with E-state index in [0.717, 1.165) is 24.0 Å². The number of rotatable bonds is 12. The number of benzene rings is 2. The van der Waals surface area contributed by atoms with Crippen LogP contribution in [-0.2, 0) is 30.4 Å². The number of hydrogen-bond acceptors (Lipinski definition) is 6. The first-order chi connectivity index (χ1) is 21.8. The highest BCUT2D eigenvalue weighted by Crippen LogP contribution is 2.29. The molecule has 1 aliphatic heterocycles. The summed E-state index contributed by atoms with van der Waals surface area (Å²) in [4.78, 5) is 64.8. The Balaban J connectivity index is 1.46. The molecule has 2 aromatic carbocycles. The second-order valence-electron chi connectivity index (χ2n) is 11.9. The molecular weight excluding hydrogens is 612 g/mol. The SMILES string of the molecule is CC(C)C[C@H](NC(=O)C(=O)N[C@H]1CCCc2ccccc21)C(=O)N[C@@H](C[C@@H]1CCNC1=O)C(=O)COc1c(F)c(F)cc(F)c1F. The lowest BCUT2D eigenvalue weighted by Gasteiger charge is -2.27. The van der Waals surface area contributed by atoms with Crippen molar-refractivity contribution < 1.29 is 46.3 Å². The molecule has 1 saturated heterocycles. The molecule has 0 radical (unpaired) electrons. The van der Waals surface area contributed by atoms with Gasteiger partial charge in [-0.05, 0) is 55.6 Å². The topological polar surface area (TPSA) is 143 Å². The molecule has 0 bridgehead atoms. The molecule has 2 aromatic rings. The van der Waals surface area contributed by atoms with E-state index in [-0.39, 0.29) is 36.8 Å². The molecule has 2 aliphatic rings. The number of hydrogen-bond donors (Lipinski definition) is 4. The molecule has 0 unspecified atom stereocenters. The van der Waals surface area contributed by atoms with Gasteiger partial charge in [0, 0.05) is 18.5 Å². The van der Waals surface area contributed by atoms with Crippen LogP contribution in [0.3, 0.4) is 0 Å². The van der Waals surface area contributed by atoms with Crippen molar-refractivity contribution in [2.24, 2.45) is 11.8 Å². The molecule has 1 heterocycles. The van der Waals surface area contributed by atoms with Crippen molar-refractivity contribution in [2.45, 2.75) is 70.5 Å². The summed E-state index contributed by atoms with van der Waals surface area (Å²) in [5, 5.41) is 10.2. The summed E-state index contributed by atoms with van der Waals surface area (Å²) >= 11 is 0. The summed E-state index contributed by atoms with van der Waals surface area (Å²) in [6, 6.07) is 4.44. The van der Waals surface area contributed by atoms with Crippen LogP contribution in [0.25, 0.3) is 0 Å². The number of ether oxygens (including phenoxy) is 1. The van der Waals surface area contributed by atoms with Gasteiger partial charge in [-0.1, -0.05) is 38.1 Å². The predicted molar refractivity (Wildman–Crippen MR) is 156 cm³/mol. The maximum Gasteiger partial charge on any atom is 0.309 e. The Hall–Kier alpha value is -4.49. The molecule has 1 fully saturated rings. The van der Waals surface area contributed by atoms with Crippen molar-refractivity contribution in [2.75, 3.05) is 13.2 Å². The Morgan fingerprint density at radius 3 is 2.30 bits per heavy atom. The van der Waals surface area contributed by atoms with E-state index < -0.39 is 77.1 Å². The maximum absolute atomic E-state index is 14.1. The second kappa shape index (κ2) is 15.2. The average molecular weight is 649 g/mol. The Labute approximate surface area is 263 Å². The van der Waals surface area contributed by atoms with Gasteiger partial charge in [-0.25, -0.2) is 8.78 Å². The van der Waals surface area contributed by atoms with Crippen LogP contribution >= 0.6 is 0 Å². The largest absolute Gasteiger partial charge is 0.479 e. The lowest BCUT2D eigenvalue weighted by Crippen LogP contribution is -2.55. The highest BCUT2D eigenvalue weighted by atomic mass is 19.2. The van der Waals surface area contributed by atoms with Gasteiger partial charge in [0.05, 0.1) is 12.1 Å². The maximum atomic E-state index is 14.1. The van der Waals surface area contributed by atoms with E-state index in [1.807, 2.05) is 24.3 Å². The van der Waals surface area contributed by atoms with E-state index in [0.29, 0.717) is 19.4 Å². The summed E-state index contributed by atoms with van der Waals surface area (Å²) in [5.41, 5.74) is 1.98. The molecule has 4 atom stereocenters. The van der Waals surface area contributed by atoms with Crippen LogP contribution in [-0.4, -0.2) is 54.6 Å². The minimum atomic E-state index is -1.85. The quantitative estimate of drug-likeness (QED) is 0.159. The fourth-order valence-corrected chi connectivity index (χ4v) is 5.67. The van der Waals surface area contributed by atoms with Crippen LogP contribution in [0.5, 0.6) is 5.75 Å². The highest BCUT2D eigenvalue weighted by Gasteiger charge is 2.35. The molecule has 0 spiro atoms. The van der Waals surface area contributed by atoms with Crippen molar-refractivity contribution in [3.05, 3.63) is 64.7 Å². The fraction of sp³-hybridized carbons (Fsp3) is 0.469. The third-order valence-electron chi connectivity index (χ3n) is 8.03. The van der Waals surface area contributed by atoms with Crippen LogP contribution < -0.4 is 26.0 Å². The van der Waals surface area contributed by atoms with Gasteiger partial charge in [-0.15, -0.1) is 0 Å². The Morgan fingerprint density at radius 2 is 1.65 bits per heavy atom. The number of carbonyl (C=O) groups is 5. The van der Waals surface area contributed by atoms with Gasteiger partial charge in [0.25, 0.3) is 0 Å². The van der Waals surface area contributed by atoms with Crippen molar-refractivity contribution in [1.29, 1.82) is 0 Å². The number of aryl methyl sites for hydroxylation is 1. The molecule has 0 aromatic heterocycles. The summed E-state index contributed by atoms with van der Waals surface area (Å²) in [5.74, 6) is -13.7. The molecular formula is C32H36F4N4O6. The van der Waals surface area contributed by atoms with Crippen molar-refractivity contribution in [3.8, 4) is 5.75 Å². The van der Waals surface area contributed by atoms with Crippen LogP contribution in [0, 0.1) is 35.1 Å². The normalized spacial score (nSPS) is 18.6. The number of amides is 4. The minimum absolute atomic E-state index is 0.0153. The first kappa shape index (κ1) is 34.4. The van der Waals surface area contributed by atoms with Crippen molar-refractivity contribution >= 4 is 29.4 Å². The van der Waals surface area contributed by atoms with Crippen LogP contribution in [0.15, 0.2) is 30.3 Å². The van der Waals surface area contributed by atoms with E-state index in [1.54, 1.807) is 13.8 Å². The van der Waals surface area contributed by atoms with Gasteiger partial charge < -0.3 is 26.0 Å². The number of ketones is 1. The molecule has 1 aliphatic carbocycles. The van der Waals surface area contributed by atoms with Crippen LogP contribution in [0.1, 0.15) is 63.1 Å². The third-order valence-corrected chi connectivity index (χ3v) is 8.03. The smallest absolute Gasteiger partial charge is 0.309 e. The molecule has 46 heavy (non-hydrogen) atoms. The van der Waals surface area contributed by atoms with Gasteiger partial charge in [-0.3, -0.25) is 24.0 Å². The number of Topliss-reactive ketones (excluding diaryl/α,β-unsaturated/α-hetero) is 1. The van der Waals surface area contributed by atoms with E-state index in [2.05, 4.69) is 21.3 Å². The number of halogens is 4. The van der Waals surface area contributed by atoms with Gasteiger partial charge in [0.1, 0.15) is 12.6 Å². The first-order valence-electron chi connectivity index (χ1n) is 15.1. The fourth-order valence-electron chi connectivity index (χ4n) is 5.67. The zero-order chi connectivity index (χ0) is 33.5. The summed E-state index contributed by atoms with van der Waals surface area (Å²) in [7, 11) is 0. The summed E-state index contributed by atoms with van der Waals surface area (Å²) in [6.45, 7) is 2.75. The van der Waals surface area contributed by atoms with Gasteiger partial charge in [-0.2, -0.15) is 8.78 Å². The first-order valence-corrected chi connectivity index (χ1v) is 15.1. The standard InChI is InChI=1S/C32H36F4N4O6/c1-16(2)12-24(40-32(45)31(44)38-22-9-5-7-17-6-3-4-8-19(17)22)30(43)39-23(13-18-10-11-37-29(18)42)25(41)15-46-28-26(35)20(33)14-21(34)27(28)36/h3-4,6,8,14,16,18,22-24H,5,7,9-13,15H2,1-2H3,(H,37,42)(H,38,44)(H,39,43)(H,40,45)/t18-,22-,23-,24-/m0/s1. The molecule has 4 rings (SSSR count). The lowest BCUT2D eigenvalue weighted by molar-refractivity contribution is -0.141. The zero-order valence-electron chi connectivity index (χ0n) is 25.4. The zero-order valence-corrected chi connectivity index (χ0v) is 25.4. The minimum Gasteiger partial charge on any atom is -0.479 e. The highest BCUT2D eigenvalue weighted by molar-refractivity contribution is 6.35. The Morgan fingerprint density at radius 1 is 0.957 bits per heavy atom. The third kappa shape index (κ3) is 8.40. The molecule has 10 nitrogen and oxygen atoms in total. The number of fused-ring (bicyclic) bond motifs is 1. The number of carbonyl (C=O) groups excluding carboxylic acids is 5. The van der Waals surface area contributed by atoms with E-state index in [4.69, 9.17) is 4.74 Å². The monoisotopic (exact) mass is 648 g/mol. The molecule has 4 amide bonds. The molecule has 248 valence electrons. The van der Waals surface area contributed by atoms with E-state index in [9.17, 15) is 41.5 Å². The van der Waals surface area contributed by atoms with Crippen molar-refractivity contribution in [1.82, 2.24) is 21.3 Å². The van der Waals surface area contributed by atoms with Crippen molar-refractivity contribution in [3.63, 3.8) is 0 Å². The Kier molecular flexibility index (Phi) is 11.4. The van der Waals surface area contributed by atoms with Gasteiger partial charge in [0.2, 0.25) is 23.4 Å². The lowest BCUT2D eigenvalue weighted by atomic mass is 9.88. The van der Waals surface area contributed by atoms with Crippen LogP contribution in [0.4, 0.5) is 17.6 Å². The molecule has 14 heteroatoms. The molecule has 4 N–H and O–H groups in total. The average Bonchev–Trinajstić information content (AvgIpc) is 3.42. The van der Waals surface area contributed by atoms with E-state index in [1.165, 1.54) is 0 Å². The van der Waals surface area contributed by atoms with Gasteiger partial charge >= 0.3 is 11.8 Å². The van der Waals surface area contributed by atoms with Crippen LogP contribution in [0.2, 0.25) is 0 Å². The number of nitrogens with one attached hydrogen (secondary N) is 4. The van der Waals surface area contributed by atoms with Gasteiger partial charge in [0.15, 0.2) is 23.2 Å². The molecule has 0 saturated carbocycles. The predicted octanol–water partition coefficient (Wildman–Crippen LogP) is 2.93. The second-order valence-corrected chi connectivity index (χ2v) is 11.9. The van der Waals surface area contributed by atoms with E-state index >= 15 is 0 Å². The summed E-state index contributed by atoms with van der Waals surface area (Å²) < 4.78 is 60.3. The Bertz CT molecular complexity index is 1480.